The molecule has 12 heteroatoms. The zero-order valence-electron chi connectivity index (χ0n) is 23.6. The molecule has 4 heterocycles. The van der Waals surface area contributed by atoms with E-state index in [0.717, 1.165) is 73.4 Å². The first kappa shape index (κ1) is 27.4. The van der Waals surface area contributed by atoms with Crippen LogP contribution < -0.4 is 10.2 Å². The first-order chi connectivity index (χ1) is 19.6. The quantitative estimate of drug-likeness (QED) is 0.287. The summed E-state index contributed by atoms with van der Waals surface area (Å²) in [6, 6.07) is 7.85. The van der Waals surface area contributed by atoms with Crippen LogP contribution in [-0.4, -0.2) is 52.9 Å². The number of benzene rings is 1. The van der Waals surface area contributed by atoms with Gasteiger partial charge in [-0.2, -0.15) is 10.2 Å². The summed E-state index contributed by atoms with van der Waals surface area (Å²) in [4.78, 5) is 6.54. The summed E-state index contributed by atoms with van der Waals surface area (Å²) in [5, 5.41) is 12.7. The van der Waals surface area contributed by atoms with Crippen LogP contribution in [0, 0.1) is 12.7 Å². The van der Waals surface area contributed by atoms with Crippen LogP contribution in [0.15, 0.2) is 47.6 Å². The summed E-state index contributed by atoms with van der Waals surface area (Å²) < 4.78 is 48.8. The van der Waals surface area contributed by atoms with Gasteiger partial charge >= 0.3 is 0 Å². The van der Waals surface area contributed by atoms with Crippen molar-refractivity contribution in [2.24, 2.45) is 7.05 Å². The van der Waals surface area contributed by atoms with E-state index in [9.17, 15) is 8.42 Å². The van der Waals surface area contributed by atoms with Crippen LogP contribution in [0.25, 0.3) is 11.1 Å². The van der Waals surface area contributed by atoms with Gasteiger partial charge in [0.1, 0.15) is 17.5 Å². The van der Waals surface area contributed by atoms with Gasteiger partial charge in [-0.15, -0.1) is 0 Å². The molecule has 1 saturated heterocycles. The molecular formula is C29H34FN7O3S. The third-order valence-corrected chi connectivity index (χ3v) is 8.81. The van der Waals surface area contributed by atoms with Gasteiger partial charge in [0.25, 0.3) is 0 Å². The van der Waals surface area contributed by atoms with Gasteiger partial charge in [0.15, 0.2) is 21.9 Å². The second-order valence-electron chi connectivity index (χ2n) is 11.0. The van der Waals surface area contributed by atoms with Crippen molar-refractivity contribution in [2.45, 2.75) is 56.1 Å². The first-order valence-corrected chi connectivity index (χ1v) is 15.7. The lowest BCUT2D eigenvalue weighted by molar-refractivity contribution is -0.0404. The van der Waals surface area contributed by atoms with Gasteiger partial charge in [0.05, 0.1) is 16.8 Å². The SMILES string of the molecule is Cc1cc(Nc2nc(N(C)c3ccc(S(C)(=O)=O)cc3F)cc(-c3cnn(C)c3)c2C2CC2)nn1C1CCCCO1. The molecule has 1 atom stereocenters. The maximum atomic E-state index is 15.2. The fourth-order valence-electron chi connectivity index (χ4n) is 5.38. The summed E-state index contributed by atoms with van der Waals surface area (Å²) in [6.07, 6.45) is 9.92. The van der Waals surface area contributed by atoms with E-state index in [1.54, 1.807) is 16.6 Å². The third kappa shape index (κ3) is 5.58. The Morgan fingerprint density at radius 2 is 1.95 bits per heavy atom. The average molecular weight is 580 g/mol. The molecule has 0 amide bonds. The molecular weight excluding hydrogens is 545 g/mol. The second-order valence-corrected chi connectivity index (χ2v) is 13.0. The smallest absolute Gasteiger partial charge is 0.175 e. The highest BCUT2D eigenvalue weighted by Gasteiger charge is 2.32. The monoisotopic (exact) mass is 579 g/mol. The lowest BCUT2D eigenvalue weighted by atomic mass is 9.99. The number of hydrogen-bond acceptors (Lipinski definition) is 8. The van der Waals surface area contributed by atoms with Crippen molar-refractivity contribution < 1.29 is 17.5 Å². The van der Waals surface area contributed by atoms with E-state index in [2.05, 4.69) is 10.4 Å². The van der Waals surface area contributed by atoms with Crippen LogP contribution in [0.4, 0.5) is 27.5 Å². The number of aromatic nitrogens is 5. The Hall–Kier alpha value is -3.77. The minimum absolute atomic E-state index is 0.0736. The summed E-state index contributed by atoms with van der Waals surface area (Å²) in [5.41, 5.74) is 4.16. The summed E-state index contributed by atoms with van der Waals surface area (Å²) in [7, 11) is 0.0427. The van der Waals surface area contributed by atoms with Crippen molar-refractivity contribution in [1.82, 2.24) is 24.5 Å². The van der Waals surface area contributed by atoms with Gasteiger partial charge < -0.3 is 15.0 Å². The largest absolute Gasteiger partial charge is 0.357 e. The molecule has 1 N–H and O–H groups in total. The number of sulfone groups is 1. The highest BCUT2D eigenvalue weighted by Crippen LogP contribution is 2.49. The van der Waals surface area contributed by atoms with Gasteiger partial charge in [-0.3, -0.25) is 4.68 Å². The maximum Gasteiger partial charge on any atom is 0.175 e. The number of ether oxygens (including phenoxy) is 1. The molecule has 1 aromatic carbocycles. The number of rotatable bonds is 8. The van der Waals surface area contributed by atoms with Gasteiger partial charge in [-0.25, -0.2) is 22.5 Å². The number of aryl methyl sites for hydroxylation is 2. The van der Waals surface area contributed by atoms with E-state index < -0.39 is 15.7 Å². The van der Waals surface area contributed by atoms with Gasteiger partial charge in [0.2, 0.25) is 0 Å². The van der Waals surface area contributed by atoms with Crippen LogP contribution in [0.3, 0.4) is 0 Å². The number of anilines is 4. The Balaban J connectivity index is 1.44. The molecule has 6 rings (SSSR count). The Labute approximate surface area is 239 Å². The predicted octanol–water partition coefficient (Wildman–Crippen LogP) is 5.62. The first-order valence-electron chi connectivity index (χ1n) is 13.8. The fourth-order valence-corrected chi connectivity index (χ4v) is 6.02. The van der Waals surface area contributed by atoms with Crippen LogP contribution >= 0.6 is 0 Å². The number of nitrogens with zero attached hydrogens (tertiary/aromatic N) is 6. The molecule has 41 heavy (non-hydrogen) atoms. The number of nitrogens with one attached hydrogen (secondary N) is 1. The van der Waals surface area contributed by atoms with Crippen molar-refractivity contribution in [3.05, 3.63) is 59.8 Å². The number of halogens is 1. The molecule has 216 valence electrons. The van der Waals surface area contributed by atoms with Crippen LogP contribution in [0.1, 0.15) is 55.5 Å². The minimum Gasteiger partial charge on any atom is -0.357 e. The van der Waals surface area contributed by atoms with E-state index in [0.29, 0.717) is 23.4 Å². The Morgan fingerprint density at radius 3 is 2.59 bits per heavy atom. The van der Waals surface area contributed by atoms with Crippen LogP contribution in [0.5, 0.6) is 0 Å². The summed E-state index contributed by atoms with van der Waals surface area (Å²) in [6.45, 7) is 2.74. The molecule has 10 nitrogen and oxygen atoms in total. The number of hydrogen-bond donors (Lipinski definition) is 1. The van der Waals surface area contributed by atoms with Crippen molar-refractivity contribution in [1.29, 1.82) is 0 Å². The molecule has 2 fully saturated rings. The average Bonchev–Trinajstić information content (AvgIpc) is 3.58. The summed E-state index contributed by atoms with van der Waals surface area (Å²) >= 11 is 0. The van der Waals surface area contributed by atoms with E-state index in [1.165, 1.54) is 12.1 Å². The molecule has 0 bridgehead atoms. The highest BCUT2D eigenvalue weighted by molar-refractivity contribution is 7.90. The van der Waals surface area contributed by atoms with Gasteiger partial charge in [-0.05, 0) is 74.8 Å². The molecule has 1 unspecified atom stereocenters. The molecule has 1 aliphatic heterocycles. The normalized spacial score (nSPS) is 17.5. The molecule has 1 saturated carbocycles. The third-order valence-electron chi connectivity index (χ3n) is 7.70. The van der Waals surface area contributed by atoms with Gasteiger partial charge in [0, 0.05) is 56.0 Å². The van der Waals surface area contributed by atoms with E-state index >= 15 is 4.39 Å². The van der Waals surface area contributed by atoms with Crippen molar-refractivity contribution >= 4 is 33.0 Å². The molecule has 1 aliphatic carbocycles. The van der Waals surface area contributed by atoms with Crippen molar-refractivity contribution in [3.63, 3.8) is 0 Å². The van der Waals surface area contributed by atoms with E-state index in [-0.39, 0.29) is 16.8 Å². The Morgan fingerprint density at radius 1 is 1.15 bits per heavy atom. The van der Waals surface area contributed by atoms with Crippen molar-refractivity contribution in [2.75, 3.05) is 30.1 Å². The molecule has 4 aromatic rings. The van der Waals surface area contributed by atoms with E-state index in [4.69, 9.17) is 14.8 Å². The molecule has 0 spiro atoms. The van der Waals surface area contributed by atoms with Crippen LogP contribution in [-0.2, 0) is 21.6 Å². The number of pyridine rings is 1. The molecule has 3 aromatic heterocycles. The predicted molar refractivity (Wildman–Crippen MR) is 155 cm³/mol. The molecule has 0 radical (unpaired) electrons. The maximum absolute atomic E-state index is 15.2. The highest BCUT2D eigenvalue weighted by atomic mass is 32.2. The van der Waals surface area contributed by atoms with Crippen LogP contribution in [0.2, 0.25) is 0 Å². The lowest BCUT2D eigenvalue weighted by Crippen LogP contribution is -2.20. The van der Waals surface area contributed by atoms with Crippen molar-refractivity contribution in [3.8, 4) is 11.1 Å². The zero-order valence-corrected chi connectivity index (χ0v) is 24.4. The fraction of sp³-hybridized carbons (Fsp3) is 0.414. The second kappa shape index (κ2) is 10.6. The topological polar surface area (TPSA) is 107 Å². The lowest BCUT2D eigenvalue weighted by Gasteiger charge is -2.24. The Bertz CT molecular complexity index is 1710. The zero-order chi connectivity index (χ0) is 28.9. The van der Waals surface area contributed by atoms with E-state index in [1.807, 2.05) is 43.2 Å². The minimum atomic E-state index is -3.54. The standard InChI is InChI=1S/C29H34FN7O3S/c1-18-13-25(34-37(18)27-7-5-6-12-40-27)32-29-28(19-8-9-19)22(20-16-31-35(2)17-20)15-26(33-29)36(3)24-11-10-21(14-23(24)30)41(4,38)39/h10-11,13-17,19,27H,5-9,12H2,1-4H3,(H,32,33,34). The Kier molecular flexibility index (Phi) is 7.06. The summed E-state index contributed by atoms with van der Waals surface area (Å²) in [5.74, 6) is 1.48. The molecule has 2 aliphatic rings. The van der Waals surface area contributed by atoms with Gasteiger partial charge in [-0.1, -0.05) is 0 Å².